The van der Waals surface area contributed by atoms with E-state index >= 15 is 0 Å². The van der Waals surface area contributed by atoms with Crippen LogP contribution in [0.15, 0.2) is 77.8 Å². The van der Waals surface area contributed by atoms with Crippen molar-refractivity contribution in [3.05, 3.63) is 95.1 Å². The number of anilines is 1. The number of methoxy groups -OCH3 is 1. The fourth-order valence-electron chi connectivity index (χ4n) is 3.71. The normalized spacial score (nSPS) is 15.1. The van der Waals surface area contributed by atoms with Crippen LogP contribution in [0.25, 0.3) is 0 Å². The number of fused-ring (bicyclic) bond motifs is 1. The molecule has 2 amide bonds. The molecule has 0 bridgehead atoms. The molecule has 7 nitrogen and oxygen atoms in total. The van der Waals surface area contributed by atoms with E-state index in [2.05, 4.69) is 5.32 Å². The molecule has 160 valence electrons. The molecule has 1 unspecified atom stereocenters. The second-order valence-electron chi connectivity index (χ2n) is 7.39. The Morgan fingerprint density at radius 2 is 1.72 bits per heavy atom. The molecule has 7 heteroatoms. The predicted octanol–water partition coefficient (Wildman–Crippen LogP) is 3.36. The molecule has 3 aromatic carbocycles. The SMILES string of the molecule is COC(=O)c1ccc2c(c1)NC(=O)C2C(=Nc1ccc(CC(N)=O)cc1)c1ccccc1. The first kappa shape index (κ1) is 21.0. The van der Waals surface area contributed by atoms with E-state index in [1.807, 2.05) is 30.3 Å². The Balaban J connectivity index is 1.77. The van der Waals surface area contributed by atoms with E-state index < -0.39 is 17.8 Å². The van der Waals surface area contributed by atoms with Crippen molar-refractivity contribution in [2.45, 2.75) is 12.3 Å². The monoisotopic (exact) mass is 427 g/mol. The van der Waals surface area contributed by atoms with Crippen LogP contribution in [0.5, 0.6) is 0 Å². The maximum atomic E-state index is 13.0. The zero-order valence-corrected chi connectivity index (χ0v) is 17.4. The third-order valence-corrected chi connectivity index (χ3v) is 5.21. The summed E-state index contributed by atoms with van der Waals surface area (Å²) in [6, 6.07) is 21.6. The quantitative estimate of drug-likeness (QED) is 0.464. The van der Waals surface area contributed by atoms with E-state index in [1.165, 1.54) is 7.11 Å². The minimum absolute atomic E-state index is 0.149. The summed E-state index contributed by atoms with van der Waals surface area (Å²) in [5.74, 6) is -1.75. The lowest BCUT2D eigenvalue weighted by Gasteiger charge is -2.14. The standard InChI is InChI=1S/C25H21N3O4/c1-32-25(31)17-9-12-19-20(14-17)28-24(30)22(19)23(16-5-3-2-4-6-16)27-18-10-7-15(8-11-18)13-21(26)29/h2-12,14,22H,13H2,1H3,(H2,26,29)(H,28,30). The summed E-state index contributed by atoms with van der Waals surface area (Å²) in [6.45, 7) is 0. The Labute approximate surface area is 184 Å². The van der Waals surface area contributed by atoms with Gasteiger partial charge in [0.15, 0.2) is 0 Å². The predicted molar refractivity (Wildman–Crippen MR) is 121 cm³/mol. The largest absolute Gasteiger partial charge is 0.465 e. The van der Waals surface area contributed by atoms with Gasteiger partial charge in [-0.15, -0.1) is 0 Å². The van der Waals surface area contributed by atoms with Gasteiger partial charge in [0.1, 0.15) is 5.92 Å². The number of amides is 2. The molecule has 0 spiro atoms. The van der Waals surface area contributed by atoms with E-state index in [0.717, 1.165) is 16.7 Å². The number of nitrogens with two attached hydrogens (primary N) is 1. The number of rotatable bonds is 6. The Morgan fingerprint density at radius 1 is 1.00 bits per heavy atom. The number of hydrogen-bond donors (Lipinski definition) is 2. The van der Waals surface area contributed by atoms with Crippen LogP contribution in [0.2, 0.25) is 0 Å². The number of nitrogens with one attached hydrogen (secondary N) is 1. The smallest absolute Gasteiger partial charge is 0.337 e. The molecule has 0 fully saturated rings. The molecule has 3 aromatic rings. The summed E-state index contributed by atoms with van der Waals surface area (Å²) in [6.07, 6.45) is 0.149. The zero-order valence-electron chi connectivity index (χ0n) is 17.4. The van der Waals surface area contributed by atoms with Gasteiger partial charge < -0.3 is 15.8 Å². The number of carbonyl (C=O) groups is 3. The molecule has 1 heterocycles. The van der Waals surface area contributed by atoms with E-state index in [4.69, 9.17) is 15.5 Å². The highest BCUT2D eigenvalue weighted by molar-refractivity contribution is 6.24. The maximum Gasteiger partial charge on any atom is 0.337 e. The molecule has 3 N–H and O–H groups in total. The van der Waals surface area contributed by atoms with Crippen LogP contribution in [0.1, 0.15) is 33.0 Å². The lowest BCUT2D eigenvalue weighted by molar-refractivity contribution is -0.117. The summed E-state index contributed by atoms with van der Waals surface area (Å²) in [5, 5.41) is 2.85. The first-order valence-electron chi connectivity index (χ1n) is 10.0. The molecule has 1 atom stereocenters. The van der Waals surface area contributed by atoms with Crippen molar-refractivity contribution in [2.75, 3.05) is 12.4 Å². The third-order valence-electron chi connectivity index (χ3n) is 5.21. The minimum Gasteiger partial charge on any atom is -0.465 e. The number of primary amides is 1. The van der Waals surface area contributed by atoms with Crippen LogP contribution in [0.3, 0.4) is 0 Å². The van der Waals surface area contributed by atoms with Crippen molar-refractivity contribution in [3.8, 4) is 0 Å². The summed E-state index contributed by atoms with van der Waals surface area (Å²) in [4.78, 5) is 40.8. The highest BCUT2D eigenvalue weighted by Gasteiger charge is 2.35. The first-order chi connectivity index (χ1) is 15.5. The Morgan fingerprint density at radius 3 is 2.38 bits per heavy atom. The van der Waals surface area contributed by atoms with E-state index in [9.17, 15) is 14.4 Å². The zero-order chi connectivity index (χ0) is 22.7. The first-order valence-corrected chi connectivity index (χ1v) is 10.0. The molecule has 32 heavy (non-hydrogen) atoms. The van der Waals surface area contributed by atoms with Crippen LogP contribution in [0.4, 0.5) is 11.4 Å². The minimum atomic E-state index is -0.649. The number of hydrogen-bond acceptors (Lipinski definition) is 5. The fourth-order valence-corrected chi connectivity index (χ4v) is 3.71. The molecule has 0 saturated heterocycles. The summed E-state index contributed by atoms with van der Waals surface area (Å²) in [5.41, 5.74) is 9.72. The average molecular weight is 427 g/mol. The lowest BCUT2D eigenvalue weighted by Crippen LogP contribution is -2.21. The average Bonchev–Trinajstić information content (AvgIpc) is 3.13. The molecular formula is C25H21N3O4. The van der Waals surface area contributed by atoms with Crippen LogP contribution in [-0.4, -0.2) is 30.6 Å². The van der Waals surface area contributed by atoms with E-state index in [-0.39, 0.29) is 12.3 Å². The van der Waals surface area contributed by atoms with Gasteiger partial charge in [0.25, 0.3) is 0 Å². The number of benzene rings is 3. The van der Waals surface area contributed by atoms with Crippen LogP contribution >= 0.6 is 0 Å². The van der Waals surface area contributed by atoms with E-state index in [1.54, 1.807) is 42.5 Å². The van der Waals surface area contributed by atoms with Gasteiger partial charge in [0.05, 0.1) is 30.5 Å². The second-order valence-corrected chi connectivity index (χ2v) is 7.39. The lowest BCUT2D eigenvalue weighted by atomic mass is 9.90. The Bertz CT molecular complexity index is 1220. The molecule has 1 aliphatic rings. The van der Waals surface area contributed by atoms with Crippen molar-refractivity contribution in [1.82, 2.24) is 0 Å². The highest BCUT2D eigenvalue weighted by Crippen LogP contribution is 2.37. The second kappa shape index (κ2) is 8.85. The third kappa shape index (κ3) is 4.27. The van der Waals surface area contributed by atoms with Gasteiger partial charge in [0, 0.05) is 5.69 Å². The van der Waals surface area contributed by atoms with Crippen molar-refractivity contribution in [1.29, 1.82) is 0 Å². The number of nitrogens with zero attached hydrogens (tertiary/aromatic N) is 1. The van der Waals surface area contributed by atoms with Gasteiger partial charge in [-0.25, -0.2) is 4.79 Å². The number of aliphatic imine (C=N–C) groups is 1. The molecule has 0 aliphatic carbocycles. The Hall–Kier alpha value is -4.26. The van der Waals surface area contributed by atoms with Crippen molar-refractivity contribution >= 4 is 34.9 Å². The highest BCUT2D eigenvalue weighted by atomic mass is 16.5. The van der Waals surface area contributed by atoms with Crippen LogP contribution in [-0.2, 0) is 20.7 Å². The van der Waals surface area contributed by atoms with Crippen molar-refractivity contribution in [3.63, 3.8) is 0 Å². The maximum absolute atomic E-state index is 13.0. The van der Waals surface area contributed by atoms with Gasteiger partial charge in [-0.3, -0.25) is 14.6 Å². The topological polar surface area (TPSA) is 111 Å². The number of carbonyl (C=O) groups excluding carboxylic acids is 3. The van der Waals surface area contributed by atoms with Crippen molar-refractivity contribution < 1.29 is 19.1 Å². The van der Waals surface area contributed by atoms with Crippen molar-refractivity contribution in [2.24, 2.45) is 10.7 Å². The van der Waals surface area contributed by atoms with Gasteiger partial charge in [-0.05, 0) is 41.0 Å². The molecule has 1 aliphatic heterocycles. The molecule has 0 radical (unpaired) electrons. The fraction of sp³-hybridized carbons (Fsp3) is 0.120. The molecule has 0 saturated carbocycles. The Kier molecular flexibility index (Phi) is 5.81. The van der Waals surface area contributed by atoms with Gasteiger partial charge >= 0.3 is 5.97 Å². The van der Waals surface area contributed by atoms with Crippen LogP contribution in [0, 0.1) is 0 Å². The molecule has 4 rings (SSSR count). The number of ether oxygens (including phenoxy) is 1. The molecular weight excluding hydrogens is 406 g/mol. The summed E-state index contributed by atoms with van der Waals surface area (Å²) < 4.78 is 4.77. The van der Waals surface area contributed by atoms with Gasteiger partial charge in [0.2, 0.25) is 11.8 Å². The number of esters is 1. The van der Waals surface area contributed by atoms with E-state index in [0.29, 0.717) is 22.6 Å². The van der Waals surface area contributed by atoms with Crippen LogP contribution < -0.4 is 11.1 Å². The summed E-state index contributed by atoms with van der Waals surface area (Å²) in [7, 11) is 1.31. The molecule has 0 aromatic heterocycles. The van der Waals surface area contributed by atoms with Gasteiger partial charge in [-0.2, -0.15) is 0 Å². The summed E-state index contributed by atoms with van der Waals surface area (Å²) >= 11 is 0. The van der Waals surface area contributed by atoms with Gasteiger partial charge in [-0.1, -0.05) is 48.5 Å².